The van der Waals surface area contributed by atoms with Gasteiger partial charge in [0.15, 0.2) is 11.2 Å². The molecule has 0 radical (unpaired) electrons. The third-order valence-electron chi connectivity index (χ3n) is 5.27. The van der Waals surface area contributed by atoms with E-state index in [-0.39, 0.29) is 0 Å². The van der Waals surface area contributed by atoms with Gasteiger partial charge >= 0.3 is 5.69 Å². The van der Waals surface area contributed by atoms with Crippen LogP contribution in [0.1, 0.15) is 11.1 Å². The maximum atomic E-state index is 12.9. The molecular weight excluding hydrogens is 484 g/mol. The van der Waals surface area contributed by atoms with Crippen LogP contribution in [0.15, 0.2) is 79.8 Å². The lowest BCUT2D eigenvalue weighted by molar-refractivity contribution is 0.687. The zero-order valence-corrected chi connectivity index (χ0v) is 19.9. The van der Waals surface area contributed by atoms with Crippen molar-refractivity contribution in [3.63, 3.8) is 0 Å². The van der Waals surface area contributed by atoms with Gasteiger partial charge in [-0.05, 0) is 39.6 Å². The highest BCUT2D eigenvalue weighted by Gasteiger charge is 2.18. The molecule has 33 heavy (non-hydrogen) atoms. The van der Waals surface area contributed by atoms with Crippen LogP contribution in [-0.4, -0.2) is 24.9 Å². The van der Waals surface area contributed by atoms with Crippen LogP contribution in [0.3, 0.4) is 0 Å². The molecule has 0 fully saturated rings. The molecule has 0 aliphatic carbocycles. The van der Waals surface area contributed by atoms with E-state index in [2.05, 4.69) is 31.4 Å². The van der Waals surface area contributed by atoms with Gasteiger partial charge in [0.25, 0.3) is 5.56 Å². The smallest absolute Gasteiger partial charge is 0.303 e. The van der Waals surface area contributed by atoms with Crippen molar-refractivity contribution in [3.05, 3.63) is 97.1 Å². The maximum absolute atomic E-state index is 12.9. The Morgan fingerprint density at radius 1 is 1.03 bits per heavy atom. The van der Waals surface area contributed by atoms with Gasteiger partial charge in [0.1, 0.15) is 0 Å². The zero-order valence-electron chi connectivity index (χ0n) is 18.3. The minimum absolute atomic E-state index is 0.313. The molecule has 9 heteroatoms. The fourth-order valence-corrected chi connectivity index (χ4v) is 3.90. The first-order chi connectivity index (χ1) is 16.0. The van der Waals surface area contributed by atoms with Crippen molar-refractivity contribution in [1.29, 1.82) is 0 Å². The number of benzene rings is 2. The van der Waals surface area contributed by atoms with E-state index in [9.17, 15) is 9.59 Å². The highest BCUT2D eigenvalue weighted by atomic mass is 79.9. The number of aryl methyl sites for hydroxylation is 3. The van der Waals surface area contributed by atoms with Crippen LogP contribution in [0.4, 0.5) is 5.95 Å². The lowest BCUT2D eigenvalue weighted by Gasteiger charge is -2.09. The Bertz CT molecular complexity index is 1450. The van der Waals surface area contributed by atoms with Crippen molar-refractivity contribution in [2.24, 2.45) is 19.2 Å². The monoisotopic (exact) mass is 506 g/mol. The van der Waals surface area contributed by atoms with E-state index in [0.717, 1.165) is 20.2 Å². The number of hydrogen-bond donors (Lipinski definition) is 1. The summed E-state index contributed by atoms with van der Waals surface area (Å²) in [5.74, 6) is 0.385. The lowest BCUT2D eigenvalue weighted by Crippen LogP contribution is -2.37. The standard InChI is InChI=1S/C24H23BrN6O2/c1-29-21-20(22(32)30(2)24(29)33)31(14-13-17-9-5-3-6-10-17)23(27-21)28-26-16-19(25)15-18-11-7-4-8-12-18/h3-12,15-16H,13-14H2,1-2H3,(H,27,28). The molecule has 2 aromatic carbocycles. The summed E-state index contributed by atoms with van der Waals surface area (Å²) in [7, 11) is 3.07. The van der Waals surface area contributed by atoms with Gasteiger partial charge in [0.2, 0.25) is 5.95 Å². The Labute approximate surface area is 198 Å². The predicted molar refractivity (Wildman–Crippen MR) is 136 cm³/mol. The molecule has 2 heterocycles. The summed E-state index contributed by atoms with van der Waals surface area (Å²) in [4.78, 5) is 29.9. The minimum atomic E-state index is -0.427. The summed E-state index contributed by atoms with van der Waals surface area (Å²) in [5.41, 5.74) is 4.94. The number of hydrazone groups is 1. The second kappa shape index (κ2) is 9.83. The number of halogens is 1. The molecule has 0 spiro atoms. The highest BCUT2D eigenvalue weighted by molar-refractivity contribution is 9.12. The van der Waals surface area contributed by atoms with Crippen molar-refractivity contribution in [2.75, 3.05) is 5.43 Å². The second-order valence-electron chi connectivity index (χ2n) is 7.51. The number of rotatable bonds is 7. The quantitative estimate of drug-likeness (QED) is 0.307. The van der Waals surface area contributed by atoms with Gasteiger partial charge in [-0.3, -0.25) is 13.9 Å². The Kier molecular flexibility index (Phi) is 6.69. The number of imidazole rings is 1. The minimum Gasteiger partial charge on any atom is -0.303 e. The van der Waals surface area contributed by atoms with E-state index in [1.165, 1.54) is 11.6 Å². The molecule has 0 aliphatic heterocycles. The molecule has 0 bridgehead atoms. The normalized spacial score (nSPS) is 12.0. The van der Waals surface area contributed by atoms with Crippen molar-refractivity contribution >= 4 is 45.3 Å². The van der Waals surface area contributed by atoms with Gasteiger partial charge < -0.3 is 4.57 Å². The number of anilines is 1. The summed E-state index contributed by atoms with van der Waals surface area (Å²) in [6, 6.07) is 19.8. The van der Waals surface area contributed by atoms with E-state index in [1.54, 1.807) is 17.8 Å². The summed E-state index contributed by atoms with van der Waals surface area (Å²) in [6.45, 7) is 0.493. The Hall–Kier alpha value is -3.72. The highest BCUT2D eigenvalue weighted by Crippen LogP contribution is 2.17. The van der Waals surface area contributed by atoms with Crippen molar-refractivity contribution < 1.29 is 0 Å². The SMILES string of the molecule is Cn1c(=O)c2c(nc(NN=CC(Br)=Cc3ccccc3)n2CCc2ccccc2)n(C)c1=O. The van der Waals surface area contributed by atoms with E-state index in [4.69, 9.17) is 0 Å². The Balaban J connectivity index is 1.69. The molecule has 0 amide bonds. The van der Waals surface area contributed by atoms with Gasteiger partial charge in [-0.15, -0.1) is 0 Å². The number of aromatic nitrogens is 4. The van der Waals surface area contributed by atoms with Crippen LogP contribution in [0.25, 0.3) is 17.2 Å². The summed E-state index contributed by atoms with van der Waals surface area (Å²) >= 11 is 3.49. The molecule has 0 atom stereocenters. The van der Waals surface area contributed by atoms with E-state index >= 15 is 0 Å². The van der Waals surface area contributed by atoms with Gasteiger partial charge in [-0.1, -0.05) is 60.7 Å². The van der Waals surface area contributed by atoms with Crippen molar-refractivity contribution in [2.45, 2.75) is 13.0 Å². The van der Waals surface area contributed by atoms with E-state index < -0.39 is 11.2 Å². The van der Waals surface area contributed by atoms with Crippen LogP contribution in [0.5, 0.6) is 0 Å². The first-order valence-electron chi connectivity index (χ1n) is 10.4. The molecule has 8 nitrogen and oxygen atoms in total. The van der Waals surface area contributed by atoms with Crippen LogP contribution in [0.2, 0.25) is 0 Å². The summed E-state index contributed by atoms with van der Waals surface area (Å²) < 4.78 is 5.00. The lowest BCUT2D eigenvalue weighted by atomic mass is 10.1. The molecule has 4 rings (SSSR count). The molecule has 0 saturated heterocycles. The first-order valence-corrected chi connectivity index (χ1v) is 11.2. The average Bonchev–Trinajstić information content (AvgIpc) is 3.20. The molecule has 4 aromatic rings. The first kappa shape index (κ1) is 22.5. The van der Waals surface area contributed by atoms with Crippen LogP contribution < -0.4 is 16.7 Å². The van der Waals surface area contributed by atoms with Gasteiger partial charge in [0, 0.05) is 25.1 Å². The number of fused-ring (bicyclic) bond motifs is 1. The second-order valence-corrected chi connectivity index (χ2v) is 8.43. The molecule has 168 valence electrons. The van der Waals surface area contributed by atoms with Gasteiger partial charge in [-0.25, -0.2) is 10.2 Å². The van der Waals surface area contributed by atoms with Crippen LogP contribution in [-0.2, 0) is 27.1 Å². The summed E-state index contributed by atoms with van der Waals surface area (Å²) in [6.07, 6.45) is 4.24. The Morgan fingerprint density at radius 3 is 2.39 bits per heavy atom. The third-order valence-corrected chi connectivity index (χ3v) is 5.71. The number of nitrogens with zero attached hydrogens (tertiary/aromatic N) is 5. The molecule has 1 N–H and O–H groups in total. The maximum Gasteiger partial charge on any atom is 0.332 e. The Morgan fingerprint density at radius 2 is 1.70 bits per heavy atom. The van der Waals surface area contributed by atoms with Crippen molar-refractivity contribution in [3.8, 4) is 0 Å². The number of nitrogens with one attached hydrogen (secondary N) is 1. The fourth-order valence-electron chi connectivity index (χ4n) is 3.53. The topological polar surface area (TPSA) is 86.2 Å². The molecule has 0 saturated carbocycles. The van der Waals surface area contributed by atoms with Crippen molar-refractivity contribution in [1.82, 2.24) is 18.7 Å². The van der Waals surface area contributed by atoms with Crippen LogP contribution in [0, 0.1) is 0 Å². The molecule has 0 unspecified atom stereocenters. The van der Waals surface area contributed by atoms with Gasteiger partial charge in [0.05, 0.1) is 6.21 Å². The van der Waals surface area contributed by atoms with E-state index in [1.807, 2.05) is 66.7 Å². The van der Waals surface area contributed by atoms with Gasteiger partial charge in [-0.2, -0.15) is 10.1 Å². The largest absolute Gasteiger partial charge is 0.332 e. The third kappa shape index (κ3) is 4.88. The number of hydrogen-bond acceptors (Lipinski definition) is 5. The van der Waals surface area contributed by atoms with E-state index in [0.29, 0.717) is 30.1 Å². The molecule has 2 aromatic heterocycles. The predicted octanol–water partition coefficient (Wildman–Crippen LogP) is 3.51. The molecule has 0 aliphatic rings. The fraction of sp³-hybridized carbons (Fsp3) is 0.167. The molecular formula is C24H23BrN6O2. The summed E-state index contributed by atoms with van der Waals surface area (Å²) in [5, 5.41) is 4.28. The van der Waals surface area contributed by atoms with Crippen LogP contribution >= 0.6 is 15.9 Å². The average molecular weight is 507 g/mol. The zero-order chi connectivity index (χ0) is 23.4. The number of allylic oxidation sites excluding steroid dienone is 1.